The fraction of sp³-hybridized carbons (Fsp3) is 0.125. The van der Waals surface area contributed by atoms with E-state index in [1.807, 2.05) is 120 Å². The predicted octanol–water partition coefficient (Wildman–Crippen LogP) is 23.9. The average molecular weight is 1390 g/mol. The van der Waals surface area contributed by atoms with Crippen LogP contribution in [-0.2, 0) is 16.2 Å². The van der Waals surface area contributed by atoms with Crippen LogP contribution in [-0.4, -0.2) is 30.4 Å². The quantitative estimate of drug-likeness (QED) is 0.141. The zero-order chi connectivity index (χ0) is 81.3. The number of hydrogen-bond donors (Lipinski definition) is 0. The van der Waals surface area contributed by atoms with Gasteiger partial charge in [0.1, 0.15) is 0 Å². The molecule has 0 fully saturated rings. The Morgan fingerprint density at radius 3 is 1.19 bits per heavy atom. The van der Waals surface area contributed by atoms with E-state index in [-0.39, 0.29) is 82.4 Å². The van der Waals surface area contributed by atoms with Crippen LogP contribution >= 0.6 is 0 Å². The minimum atomic E-state index is -1.38. The van der Waals surface area contributed by atoms with Crippen LogP contribution < -0.4 is 26.2 Å². The molecule has 14 aromatic carbocycles. The van der Waals surface area contributed by atoms with E-state index >= 15 is 0 Å². The Hall–Kier alpha value is -11.1. The van der Waals surface area contributed by atoms with Crippen LogP contribution in [0.4, 0.5) is 34.1 Å². The van der Waals surface area contributed by atoms with Gasteiger partial charge in [-0.25, -0.2) is 0 Å². The van der Waals surface area contributed by atoms with Crippen LogP contribution in [0.3, 0.4) is 0 Å². The molecule has 0 spiro atoms. The van der Waals surface area contributed by atoms with E-state index < -0.39 is 95.1 Å². The zero-order valence-electron chi connectivity index (χ0n) is 72.1. The summed E-state index contributed by atoms with van der Waals surface area (Å²) in [5, 5.41) is 3.46. The van der Waals surface area contributed by atoms with Gasteiger partial charge in [0.2, 0.25) is 0 Å². The third-order valence-corrected chi connectivity index (χ3v) is 23.3. The van der Waals surface area contributed by atoms with Gasteiger partial charge >= 0.3 is 381 Å². The van der Waals surface area contributed by atoms with Gasteiger partial charge in [-0.05, 0) is 46.3 Å². The summed E-state index contributed by atoms with van der Waals surface area (Å²) in [5.41, 5.74) is 11.2. The monoisotopic (exact) mass is 1390 g/mol. The Morgan fingerprint density at radius 1 is 0.333 bits per heavy atom. The second-order valence-corrected chi connectivity index (χ2v) is 32.3. The van der Waals surface area contributed by atoms with Crippen molar-refractivity contribution in [3.05, 3.63) is 320 Å². The number of rotatable bonds is 8. The molecular formula is C96H77BN4Se. The van der Waals surface area contributed by atoms with Crippen LogP contribution in [0.25, 0.3) is 119 Å². The van der Waals surface area contributed by atoms with Crippen molar-refractivity contribution in [2.75, 3.05) is 9.80 Å². The van der Waals surface area contributed by atoms with Crippen LogP contribution in [0.15, 0.2) is 303 Å². The van der Waals surface area contributed by atoms with Gasteiger partial charge in [0.05, 0.1) is 22.0 Å². The zero-order valence-corrected chi connectivity index (χ0v) is 59.8. The van der Waals surface area contributed by atoms with Crippen molar-refractivity contribution in [2.45, 2.75) is 78.6 Å². The summed E-state index contributed by atoms with van der Waals surface area (Å²) in [6, 6.07) is 67.0. The molecule has 490 valence electrons. The summed E-state index contributed by atoms with van der Waals surface area (Å²) in [5.74, 6) is 0. The summed E-state index contributed by atoms with van der Waals surface area (Å²) in [7, 11) is 0. The first kappa shape index (κ1) is 48.6. The minimum Gasteiger partial charge on any atom is -0.0622 e. The molecule has 102 heavy (non-hydrogen) atoms. The minimum absolute atomic E-state index is 0.00947. The van der Waals surface area contributed by atoms with Crippen molar-refractivity contribution >= 4 is 135 Å². The molecule has 0 saturated heterocycles. The first-order valence-electron chi connectivity index (χ1n) is 41.9. The van der Waals surface area contributed by atoms with Gasteiger partial charge in [-0.1, -0.05) is 151 Å². The van der Waals surface area contributed by atoms with Crippen molar-refractivity contribution < 1.29 is 19.2 Å². The molecule has 0 atom stereocenters. The summed E-state index contributed by atoms with van der Waals surface area (Å²) in [6.45, 7) is 18.1. The molecule has 3 aromatic heterocycles. The van der Waals surface area contributed by atoms with Crippen molar-refractivity contribution in [3.63, 3.8) is 0 Å². The smallest absolute Gasteiger partial charge is 0.0622 e. The third-order valence-electron chi connectivity index (χ3n) is 20.8. The second kappa shape index (κ2) is 23.2. The summed E-state index contributed by atoms with van der Waals surface area (Å²) >= 11 is -0.246. The van der Waals surface area contributed by atoms with Crippen molar-refractivity contribution in [1.29, 1.82) is 0 Å². The Labute approximate surface area is 623 Å². The molecule has 19 rings (SSSR count). The Balaban J connectivity index is 1.08. The molecule has 0 aliphatic carbocycles. The molecule has 4 nitrogen and oxygen atoms in total. The van der Waals surface area contributed by atoms with Gasteiger partial charge in [-0.2, -0.15) is 0 Å². The molecule has 2 aliphatic rings. The summed E-state index contributed by atoms with van der Waals surface area (Å²) in [4.78, 5) is 4.21. The maximum absolute atomic E-state index is 12.0. The molecule has 6 heteroatoms. The number of benzene rings is 14. The van der Waals surface area contributed by atoms with E-state index in [4.69, 9.17) is 2.74 Å². The van der Waals surface area contributed by atoms with Crippen LogP contribution in [0, 0.1) is 0 Å². The van der Waals surface area contributed by atoms with Gasteiger partial charge in [0.15, 0.2) is 0 Å². The molecule has 0 unspecified atom stereocenters. The molecular weight excluding hydrogens is 1300 g/mol. The first-order chi connectivity index (χ1) is 55.4. The number of anilines is 6. The maximum atomic E-state index is 12.0. The molecule has 0 bridgehead atoms. The summed E-state index contributed by atoms with van der Waals surface area (Å²) < 4.78 is 151. The number of aromatic nitrogens is 2. The topological polar surface area (TPSA) is 16.3 Å². The van der Waals surface area contributed by atoms with E-state index in [0.717, 1.165) is 86.9 Å². The van der Waals surface area contributed by atoms with E-state index in [9.17, 15) is 16.4 Å². The van der Waals surface area contributed by atoms with E-state index in [2.05, 4.69) is 175 Å². The Morgan fingerprint density at radius 2 is 0.725 bits per heavy atom. The van der Waals surface area contributed by atoms with Gasteiger partial charge in [0, 0.05) is 21.9 Å². The fourth-order valence-corrected chi connectivity index (χ4v) is 18.3. The second-order valence-electron chi connectivity index (χ2n) is 30.1. The standard InChI is InChI=1S/C96H77BN4Se/c1-94(2,3)64-52-75(60-30-14-10-15-31-60)90(76(53-64)61-32-16-11-17-33-61)100-84-58-67(98-81-42-26-22-38-69(81)70-39-23-27-43-82(70)98)46-50-79(84)97-80-51-47-68(99-83-44-28-24-40-71(83)73-48-49-74-72-41-25-29-45-88(72)102-93(74)92(73)99)59-85(80)101(87-57-66(96(7,8)9)56-86(100)89(87)97)91-77(62-34-18-12-19-35-62)54-65(95(4,5)6)55-78(91)63-36-20-13-21-37-63/h10-59H,1-9H3/i22D,23D,26D,27D,38D,39D,42D,43D,46D,47D,50D,51D,58D,59D. The van der Waals surface area contributed by atoms with Crippen molar-refractivity contribution in [1.82, 2.24) is 9.13 Å². The molecule has 5 heterocycles. The van der Waals surface area contributed by atoms with E-state index in [0.29, 0.717) is 39.3 Å². The molecule has 0 radical (unpaired) electrons. The summed E-state index contributed by atoms with van der Waals surface area (Å²) in [6.07, 6.45) is 0. The average Bonchev–Trinajstić information content (AvgIpc) is 1.04. The molecule has 0 saturated carbocycles. The molecule has 0 N–H and O–H groups in total. The normalized spacial score (nSPS) is 15.0. The first-order valence-corrected chi connectivity index (χ1v) is 36.6. The molecule has 2 aliphatic heterocycles. The number of nitrogens with zero attached hydrogens (tertiary/aromatic N) is 4. The molecule has 17 aromatic rings. The van der Waals surface area contributed by atoms with Crippen LogP contribution in [0.2, 0.25) is 0 Å². The van der Waals surface area contributed by atoms with E-state index in [1.165, 1.54) is 8.83 Å². The van der Waals surface area contributed by atoms with Crippen molar-refractivity contribution in [2.24, 2.45) is 0 Å². The Kier molecular flexibility index (Phi) is 11.1. The third kappa shape index (κ3) is 9.71. The van der Waals surface area contributed by atoms with Crippen LogP contribution in [0.1, 0.15) is 98.2 Å². The number of para-hydroxylation sites is 3. The predicted molar refractivity (Wildman–Crippen MR) is 439 cm³/mol. The van der Waals surface area contributed by atoms with Gasteiger partial charge in [-0.15, -0.1) is 0 Å². The number of hydrogen-bond acceptors (Lipinski definition) is 2. The van der Waals surface area contributed by atoms with Gasteiger partial charge < -0.3 is 4.57 Å². The SMILES string of the molecule is [2H]c1c([2H])c(-n2c3c([2H])c([2H])c([2H])c([2H])c3c3c([2H])c([2H])c([2H])c([2H])c32)c([2H])c2c1B1c3c(cc(C(C)(C)C)cc3N(c3c(-c4ccccc4)cc(C(C)(C)C)cc3-c3ccccc3)c3c([2H])c(-n4c5ccccc5c5ccc6c7ccccc7[se]c6c54)c([2H])c([2H])c31)N2c1c(-c2ccccc2)cc(C(C)(C)C)cc1-c1ccccc1. The fourth-order valence-electron chi connectivity index (χ4n) is 15.7. The van der Waals surface area contributed by atoms with E-state index in [1.54, 1.807) is 0 Å². The number of fused-ring (bicyclic) bond motifs is 14. The Bertz CT molecular complexity index is 6940. The van der Waals surface area contributed by atoms with Crippen molar-refractivity contribution in [3.8, 4) is 55.9 Å². The van der Waals surface area contributed by atoms with Gasteiger partial charge in [0.25, 0.3) is 0 Å². The molecule has 0 amide bonds. The van der Waals surface area contributed by atoms with Gasteiger partial charge in [-0.3, -0.25) is 0 Å². The van der Waals surface area contributed by atoms with Crippen LogP contribution in [0.5, 0.6) is 0 Å².